The number of piperidine rings is 1. The van der Waals surface area contributed by atoms with Crippen molar-refractivity contribution >= 4 is 23.5 Å². The van der Waals surface area contributed by atoms with Crippen molar-refractivity contribution in [2.24, 2.45) is 5.92 Å². The molecule has 23 heavy (non-hydrogen) atoms. The lowest BCUT2D eigenvalue weighted by molar-refractivity contribution is -0.143. The first-order valence-electron chi connectivity index (χ1n) is 7.99. The van der Waals surface area contributed by atoms with Gasteiger partial charge in [-0.05, 0) is 37.5 Å². The van der Waals surface area contributed by atoms with Crippen LogP contribution in [0.15, 0.2) is 24.3 Å². The highest BCUT2D eigenvalue weighted by Crippen LogP contribution is 2.24. The highest BCUT2D eigenvalue weighted by molar-refractivity contribution is 5.99. The third-order valence-corrected chi connectivity index (χ3v) is 4.61. The Balaban J connectivity index is 1.71. The molecule has 0 spiro atoms. The minimum Gasteiger partial charge on any atom is -0.481 e. The fourth-order valence-corrected chi connectivity index (χ4v) is 3.24. The number of likely N-dealkylation sites (tertiary alicyclic amines) is 1. The number of carboxylic acid groups (broad SMARTS) is 1. The number of carbonyl (C=O) groups is 3. The Hall–Kier alpha value is -2.37. The molecule has 0 unspecified atom stereocenters. The van der Waals surface area contributed by atoms with Gasteiger partial charge in [0.15, 0.2) is 0 Å². The predicted octanol–water partition coefficient (Wildman–Crippen LogP) is 1.75. The number of hydrogen-bond acceptors (Lipinski definition) is 3. The van der Waals surface area contributed by atoms with Crippen LogP contribution in [0.4, 0.5) is 5.69 Å². The van der Waals surface area contributed by atoms with E-state index in [0.29, 0.717) is 44.5 Å². The van der Waals surface area contributed by atoms with Crippen LogP contribution in [-0.2, 0) is 9.59 Å². The molecule has 2 aliphatic rings. The molecule has 2 saturated heterocycles. The first kappa shape index (κ1) is 15.5. The molecule has 6 heteroatoms. The molecular formula is C17H20N2O4. The Kier molecular flexibility index (Phi) is 4.32. The number of aliphatic carboxylic acids is 1. The van der Waals surface area contributed by atoms with E-state index in [1.165, 1.54) is 0 Å². The molecule has 3 rings (SSSR count). The molecule has 2 aliphatic heterocycles. The van der Waals surface area contributed by atoms with Gasteiger partial charge < -0.3 is 14.9 Å². The van der Waals surface area contributed by atoms with E-state index in [2.05, 4.69) is 0 Å². The molecule has 0 radical (unpaired) electrons. The lowest BCUT2D eigenvalue weighted by Crippen LogP contribution is -2.40. The Morgan fingerprint density at radius 1 is 1.13 bits per heavy atom. The summed E-state index contributed by atoms with van der Waals surface area (Å²) in [6, 6.07) is 7.14. The molecular weight excluding hydrogens is 296 g/mol. The van der Waals surface area contributed by atoms with Crippen LogP contribution >= 0.6 is 0 Å². The Bertz CT molecular complexity index is 635. The zero-order valence-corrected chi connectivity index (χ0v) is 12.9. The lowest BCUT2D eigenvalue weighted by Gasteiger charge is -2.30. The zero-order chi connectivity index (χ0) is 16.4. The second-order valence-corrected chi connectivity index (χ2v) is 6.10. The number of carboxylic acids is 1. The maximum Gasteiger partial charge on any atom is 0.306 e. The quantitative estimate of drug-likeness (QED) is 0.921. The number of carbonyl (C=O) groups excluding carboxylic acids is 2. The van der Waals surface area contributed by atoms with E-state index in [4.69, 9.17) is 5.11 Å². The van der Waals surface area contributed by atoms with E-state index in [0.717, 1.165) is 12.1 Å². The Morgan fingerprint density at radius 2 is 1.87 bits per heavy atom. The van der Waals surface area contributed by atoms with Gasteiger partial charge in [-0.2, -0.15) is 0 Å². The summed E-state index contributed by atoms with van der Waals surface area (Å²) in [5.41, 5.74) is 1.31. The van der Waals surface area contributed by atoms with E-state index in [-0.39, 0.29) is 17.7 Å². The van der Waals surface area contributed by atoms with E-state index in [1.54, 1.807) is 28.0 Å². The summed E-state index contributed by atoms with van der Waals surface area (Å²) >= 11 is 0. The third kappa shape index (κ3) is 3.21. The number of amides is 2. The molecule has 6 nitrogen and oxygen atoms in total. The smallest absolute Gasteiger partial charge is 0.306 e. The summed E-state index contributed by atoms with van der Waals surface area (Å²) in [5, 5.41) is 9.02. The molecule has 122 valence electrons. The van der Waals surface area contributed by atoms with E-state index in [9.17, 15) is 14.4 Å². The van der Waals surface area contributed by atoms with Crippen LogP contribution in [0.2, 0.25) is 0 Å². The summed E-state index contributed by atoms with van der Waals surface area (Å²) < 4.78 is 0. The summed E-state index contributed by atoms with van der Waals surface area (Å²) in [6.07, 6.45) is 2.39. The van der Waals surface area contributed by atoms with E-state index >= 15 is 0 Å². The van der Waals surface area contributed by atoms with Gasteiger partial charge in [-0.25, -0.2) is 0 Å². The van der Waals surface area contributed by atoms with Crippen molar-refractivity contribution in [3.05, 3.63) is 29.8 Å². The second kappa shape index (κ2) is 6.40. The van der Waals surface area contributed by atoms with Gasteiger partial charge in [-0.15, -0.1) is 0 Å². The standard InChI is InChI=1S/C17H20N2O4/c20-15-5-2-8-19(15)14-4-1-3-13(11-14)16(21)18-9-6-12(7-10-18)17(22)23/h1,3-4,11-12H,2,5-10H2,(H,22,23). The minimum atomic E-state index is -0.786. The topological polar surface area (TPSA) is 77.9 Å². The van der Waals surface area contributed by atoms with E-state index < -0.39 is 5.97 Å². The van der Waals surface area contributed by atoms with Crippen molar-refractivity contribution in [3.63, 3.8) is 0 Å². The third-order valence-electron chi connectivity index (χ3n) is 4.61. The Morgan fingerprint density at radius 3 is 2.48 bits per heavy atom. The molecule has 2 amide bonds. The zero-order valence-electron chi connectivity index (χ0n) is 12.9. The van der Waals surface area contributed by atoms with Gasteiger partial charge in [0.2, 0.25) is 5.91 Å². The molecule has 2 heterocycles. The first-order chi connectivity index (χ1) is 11.1. The first-order valence-corrected chi connectivity index (χ1v) is 7.99. The van der Waals surface area contributed by atoms with Gasteiger partial charge in [-0.1, -0.05) is 6.07 Å². The van der Waals surface area contributed by atoms with Crippen LogP contribution in [0.1, 0.15) is 36.0 Å². The van der Waals surface area contributed by atoms with Gasteiger partial charge in [0.1, 0.15) is 0 Å². The van der Waals surface area contributed by atoms with Crippen LogP contribution in [-0.4, -0.2) is 47.4 Å². The van der Waals surface area contributed by atoms with Crippen LogP contribution < -0.4 is 4.90 Å². The average Bonchev–Trinajstić information content (AvgIpc) is 3.00. The highest BCUT2D eigenvalue weighted by atomic mass is 16.4. The summed E-state index contributed by atoms with van der Waals surface area (Å²) in [4.78, 5) is 38.8. The van der Waals surface area contributed by atoms with Crippen LogP contribution in [0, 0.1) is 5.92 Å². The number of hydrogen-bond donors (Lipinski definition) is 1. The van der Waals surface area contributed by atoms with Gasteiger partial charge in [0.05, 0.1) is 5.92 Å². The largest absolute Gasteiger partial charge is 0.481 e. The average molecular weight is 316 g/mol. The summed E-state index contributed by atoms with van der Waals surface area (Å²) in [7, 11) is 0. The van der Waals surface area contributed by atoms with Gasteiger partial charge in [0.25, 0.3) is 5.91 Å². The van der Waals surface area contributed by atoms with Gasteiger partial charge in [-0.3, -0.25) is 14.4 Å². The fraction of sp³-hybridized carbons (Fsp3) is 0.471. The summed E-state index contributed by atoms with van der Waals surface area (Å²) in [5.74, 6) is -1.14. The molecule has 0 atom stereocenters. The maximum atomic E-state index is 12.6. The van der Waals surface area contributed by atoms with Crippen LogP contribution in [0.5, 0.6) is 0 Å². The molecule has 0 aliphatic carbocycles. The predicted molar refractivity (Wildman–Crippen MR) is 84.3 cm³/mol. The SMILES string of the molecule is O=C(O)C1CCN(C(=O)c2cccc(N3CCCC3=O)c2)CC1. The van der Waals surface area contributed by atoms with Crippen molar-refractivity contribution in [3.8, 4) is 0 Å². The van der Waals surface area contributed by atoms with Crippen molar-refractivity contribution in [2.75, 3.05) is 24.5 Å². The van der Waals surface area contributed by atoms with Crippen molar-refractivity contribution < 1.29 is 19.5 Å². The van der Waals surface area contributed by atoms with Crippen LogP contribution in [0.25, 0.3) is 0 Å². The van der Waals surface area contributed by atoms with Crippen molar-refractivity contribution in [1.82, 2.24) is 4.90 Å². The minimum absolute atomic E-state index is 0.0943. The molecule has 1 N–H and O–H groups in total. The molecule has 0 bridgehead atoms. The van der Waals surface area contributed by atoms with Gasteiger partial charge >= 0.3 is 5.97 Å². The van der Waals surface area contributed by atoms with Crippen molar-refractivity contribution in [2.45, 2.75) is 25.7 Å². The molecule has 0 saturated carbocycles. The summed E-state index contributed by atoms with van der Waals surface area (Å²) in [6.45, 7) is 1.62. The molecule has 1 aromatic carbocycles. The molecule has 0 aromatic heterocycles. The van der Waals surface area contributed by atoms with Crippen LogP contribution in [0.3, 0.4) is 0 Å². The van der Waals surface area contributed by atoms with Crippen molar-refractivity contribution in [1.29, 1.82) is 0 Å². The molecule has 1 aromatic rings. The second-order valence-electron chi connectivity index (χ2n) is 6.10. The number of anilines is 1. The number of benzene rings is 1. The van der Waals surface area contributed by atoms with E-state index in [1.807, 2.05) is 6.07 Å². The maximum absolute atomic E-state index is 12.6. The normalized spacial score (nSPS) is 19.2. The molecule has 2 fully saturated rings. The number of rotatable bonds is 3. The fourth-order valence-electron chi connectivity index (χ4n) is 3.24. The highest BCUT2D eigenvalue weighted by Gasteiger charge is 2.28. The number of nitrogens with zero attached hydrogens (tertiary/aromatic N) is 2. The van der Waals surface area contributed by atoms with Gasteiger partial charge in [0, 0.05) is 37.3 Å². The Labute approximate surface area is 134 Å². The lowest BCUT2D eigenvalue weighted by atomic mass is 9.96. The monoisotopic (exact) mass is 316 g/mol.